The summed E-state index contributed by atoms with van der Waals surface area (Å²) in [4.78, 5) is 32.7. The van der Waals surface area contributed by atoms with Crippen molar-refractivity contribution < 1.29 is 19.5 Å². The summed E-state index contributed by atoms with van der Waals surface area (Å²) in [5.74, 6) is -2.05. The standard InChI is InChI=1S/C10H14N2O4/c1-6(10(16)12-7-2-3-7)11-8(13)4-5-9(14)15/h4-7H,2-3H2,1H3,(H,11,13)(H,12,16)(H,14,15)/b5-4+. The quantitative estimate of drug-likeness (QED) is 0.546. The predicted octanol–water partition coefficient (Wildman–Crippen LogP) is -0.589. The molecule has 1 rings (SSSR count). The minimum atomic E-state index is -1.20. The molecule has 6 heteroatoms. The first-order valence-electron chi connectivity index (χ1n) is 5.01. The van der Waals surface area contributed by atoms with E-state index in [1.54, 1.807) is 6.92 Å². The molecule has 0 aliphatic heterocycles. The average Bonchev–Trinajstić information content (AvgIpc) is 2.98. The van der Waals surface area contributed by atoms with Gasteiger partial charge in [0.2, 0.25) is 11.8 Å². The lowest BCUT2D eigenvalue weighted by atomic mass is 10.3. The Bertz CT molecular complexity index is 334. The SMILES string of the molecule is CC(NC(=O)/C=C/C(=O)O)C(=O)NC1CC1. The molecule has 1 aliphatic carbocycles. The number of hydrogen-bond donors (Lipinski definition) is 3. The zero-order valence-corrected chi connectivity index (χ0v) is 8.90. The number of rotatable bonds is 5. The molecule has 0 aromatic rings. The van der Waals surface area contributed by atoms with Gasteiger partial charge in [0.1, 0.15) is 6.04 Å². The van der Waals surface area contributed by atoms with Crippen LogP contribution in [0.3, 0.4) is 0 Å². The molecule has 3 N–H and O–H groups in total. The molecule has 1 fully saturated rings. The van der Waals surface area contributed by atoms with Crippen LogP contribution in [0.1, 0.15) is 19.8 Å². The third-order valence-electron chi connectivity index (χ3n) is 2.05. The fourth-order valence-corrected chi connectivity index (χ4v) is 1.03. The summed E-state index contributed by atoms with van der Waals surface area (Å²) in [7, 11) is 0. The number of aliphatic carboxylic acids is 1. The van der Waals surface area contributed by atoms with Crippen LogP contribution in [0.25, 0.3) is 0 Å². The maximum Gasteiger partial charge on any atom is 0.328 e. The Morgan fingerprint density at radius 1 is 1.31 bits per heavy atom. The molecule has 0 bridgehead atoms. The third-order valence-corrected chi connectivity index (χ3v) is 2.05. The first-order valence-corrected chi connectivity index (χ1v) is 5.01. The van der Waals surface area contributed by atoms with Crippen LogP contribution in [0.15, 0.2) is 12.2 Å². The van der Waals surface area contributed by atoms with Crippen molar-refractivity contribution in [3.05, 3.63) is 12.2 Å². The maximum absolute atomic E-state index is 11.4. The van der Waals surface area contributed by atoms with Crippen LogP contribution in [0.5, 0.6) is 0 Å². The number of carbonyl (C=O) groups is 3. The molecular formula is C10H14N2O4. The van der Waals surface area contributed by atoms with E-state index in [0.29, 0.717) is 0 Å². The molecule has 0 aromatic heterocycles. The van der Waals surface area contributed by atoms with Gasteiger partial charge >= 0.3 is 5.97 Å². The van der Waals surface area contributed by atoms with Crippen LogP contribution in [-0.2, 0) is 14.4 Å². The average molecular weight is 226 g/mol. The van der Waals surface area contributed by atoms with Gasteiger partial charge in [0.25, 0.3) is 0 Å². The summed E-state index contributed by atoms with van der Waals surface area (Å²) in [6.07, 6.45) is 3.56. The molecule has 2 amide bonds. The molecule has 6 nitrogen and oxygen atoms in total. The van der Waals surface area contributed by atoms with Gasteiger partial charge in [-0.15, -0.1) is 0 Å². The van der Waals surface area contributed by atoms with E-state index in [0.717, 1.165) is 25.0 Å². The highest BCUT2D eigenvalue weighted by molar-refractivity contribution is 5.96. The minimum absolute atomic E-state index is 0.237. The van der Waals surface area contributed by atoms with Crippen molar-refractivity contribution in [2.45, 2.75) is 31.8 Å². The lowest BCUT2D eigenvalue weighted by Crippen LogP contribution is -2.45. The molecule has 1 atom stereocenters. The number of carboxylic acid groups (broad SMARTS) is 1. The lowest BCUT2D eigenvalue weighted by molar-refractivity contribution is -0.131. The number of nitrogens with one attached hydrogen (secondary N) is 2. The number of carboxylic acids is 1. The maximum atomic E-state index is 11.4. The van der Waals surface area contributed by atoms with Crippen molar-refractivity contribution in [3.8, 4) is 0 Å². The largest absolute Gasteiger partial charge is 0.478 e. The highest BCUT2D eigenvalue weighted by atomic mass is 16.4. The van der Waals surface area contributed by atoms with Crippen LogP contribution < -0.4 is 10.6 Å². The molecule has 1 aliphatic rings. The second kappa shape index (κ2) is 5.29. The summed E-state index contributed by atoms with van der Waals surface area (Å²) < 4.78 is 0. The number of carbonyl (C=O) groups excluding carboxylic acids is 2. The van der Waals surface area contributed by atoms with Crippen LogP contribution >= 0.6 is 0 Å². The first-order chi connectivity index (χ1) is 7.49. The van der Waals surface area contributed by atoms with Gasteiger partial charge in [0.15, 0.2) is 0 Å². The van der Waals surface area contributed by atoms with Gasteiger partial charge in [0, 0.05) is 18.2 Å². The summed E-state index contributed by atoms with van der Waals surface area (Å²) in [6.45, 7) is 1.55. The summed E-state index contributed by atoms with van der Waals surface area (Å²) >= 11 is 0. The molecule has 1 unspecified atom stereocenters. The first kappa shape index (κ1) is 12.2. The zero-order chi connectivity index (χ0) is 12.1. The second-order valence-electron chi connectivity index (χ2n) is 3.68. The van der Waals surface area contributed by atoms with Crippen LogP contribution in [0, 0.1) is 0 Å². The van der Waals surface area contributed by atoms with Crippen LogP contribution in [0.2, 0.25) is 0 Å². The molecule has 88 valence electrons. The van der Waals surface area contributed by atoms with Gasteiger partial charge in [-0.1, -0.05) is 0 Å². The lowest BCUT2D eigenvalue weighted by Gasteiger charge is -2.12. The normalized spacial score (nSPS) is 16.8. The van der Waals surface area contributed by atoms with E-state index in [9.17, 15) is 14.4 Å². The molecule has 0 aromatic carbocycles. The Balaban J connectivity index is 2.31. The highest BCUT2D eigenvalue weighted by Crippen LogP contribution is 2.18. The Morgan fingerprint density at radius 2 is 1.94 bits per heavy atom. The Kier molecular flexibility index (Phi) is 4.04. The van der Waals surface area contributed by atoms with Crippen molar-refractivity contribution in [2.24, 2.45) is 0 Å². The fourth-order valence-electron chi connectivity index (χ4n) is 1.03. The van der Waals surface area contributed by atoms with Crippen molar-refractivity contribution in [1.82, 2.24) is 10.6 Å². The van der Waals surface area contributed by atoms with Crippen molar-refractivity contribution in [2.75, 3.05) is 0 Å². The molecular weight excluding hydrogens is 212 g/mol. The predicted molar refractivity (Wildman–Crippen MR) is 55.5 cm³/mol. The van der Waals surface area contributed by atoms with E-state index in [1.807, 2.05) is 0 Å². The van der Waals surface area contributed by atoms with E-state index in [1.165, 1.54) is 0 Å². The smallest absolute Gasteiger partial charge is 0.328 e. The van der Waals surface area contributed by atoms with E-state index in [2.05, 4.69) is 10.6 Å². The van der Waals surface area contributed by atoms with Crippen molar-refractivity contribution >= 4 is 17.8 Å². The van der Waals surface area contributed by atoms with Crippen LogP contribution in [0.4, 0.5) is 0 Å². The summed E-state index contributed by atoms with van der Waals surface area (Å²) in [6, 6.07) is -0.423. The number of hydrogen-bond acceptors (Lipinski definition) is 3. The van der Waals surface area contributed by atoms with Gasteiger partial charge in [-0.25, -0.2) is 4.79 Å². The van der Waals surface area contributed by atoms with Crippen molar-refractivity contribution in [3.63, 3.8) is 0 Å². The number of amides is 2. The molecule has 0 saturated heterocycles. The van der Waals surface area contributed by atoms with E-state index < -0.39 is 17.9 Å². The summed E-state index contributed by atoms with van der Waals surface area (Å²) in [5, 5.41) is 13.4. The van der Waals surface area contributed by atoms with Gasteiger partial charge in [-0.05, 0) is 19.8 Å². The molecule has 0 spiro atoms. The van der Waals surface area contributed by atoms with E-state index in [-0.39, 0.29) is 11.9 Å². The molecule has 16 heavy (non-hydrogen) atoms. The fraction of sp³-hybridized carbons (Fsp3) is 0.500. The highest BCUT2D eigenvalue weighted by Gasteiger charge is 2.25. The molecule has 1 saturated carbocycles. The van der Waals surface area contributed by atoms with Crippen LogP contribution in [-0.4, -0.2) is 35.0 Å². The second-order valence-corrected chi connectivity index (χ2v) is 3.68. The third kappa shape index (κ3) is 4.59. The Labute approximate surface area is 92.7 Å². The topological polar surface area (TPSA) is 95.5 Å². The molecule has 0 radical (unpaired) electrons. The van der Waals surface area contributed by atoms with E-state index >= 15 is 0 Å². The Morgan fingerprint density at radius 3 is 2.44 bits per heavy atom. The zero-order valence-electron chi connectivity index (χ0n) is 8.90. The van der Waals surface area contributed by atoms with Gasteiger partial charge in [0.05, 0.1) is 0 Å². The summed E-state index contributed by atoms with van der Waals surface area (Å²) in [5.41, 5.74) is 0. The van der Waals surface area contributed by atoms with Crippen molar-refractivity contribution in [1.29, 1.82) is 0 Å². The van der Waals surface area contributed by atoms with Gasteiger partial charge < -0.3 is 15.7 Å². The van der Waals surface area contributed by atoms with E-state index in [4.69, 9.17) is 5.11 Å². The molecule has 0 heterocycles. The van der Waals surface area contributed by atoms with Gasteiger partial charge in [-0.3, -0.25) is 9.59 Å². The minimum Gasteiger partial charge on any atom is -0.478 e. The van der Waals surface area contributed by atoms with Gasteiger partial charge in [-0.2, -0.15) is 0 Å². The monoisotopic (exact) mass is 226 g/mol. The Hall–Kier alpha value is -1.85.